The number of hydrogen-bond donors (Lipinski definition) is 0. The first-order valence-corrected chi connectivity index (χ1v) is 7.09. The second-order valence-corrected chi connectivity index (χ2v) is 5.45. The molecule has 1 aliphatic rings. The number of Topliss-reactive ketones (excluding diaryl/α,β-unsaturated/α-hetero) is 1. The first-order valence-electron chi connectivity index (χ1n) is 7.09. The molecular weight excluding hydrogens is 262 g/mol. The highest BCUT2D eigenvalue weighted by atomic mass is 16.2. The molecular formula is C18H17NO2. The third kappa shape index (κ3) is 2.35. The normalized spacial score (nSPS) is 14.0. The molecule has 0 N–H and O–H groups in total. The number of aryl methyl sites for hydroxylation is 2. The second-order valence-electron chi connectivity index (χ2n) is 5.45. The van der Waals surface area contributed by atoms with Gasteiger partial charge in [-0.15, -0.1) is 0 Å². The first-order chi connectivity index (χ1) is 10.1. The lowest BCUT2D eigenvalue weighted by atomic mass is 9.99. The van der Waals surface area contributed by atoms with Gasteiger partial charge in [0.2, 0.25) is 0 Å². The van der Waals surface area contributed by atoms with Gasteiger partial charge in [0, 0.05) is 24.1 Å². The van der Waals surface area contributed by atoms with E-state index in [9.17, 15) is 9.59 Å². The summed E-state index contributed by atoms with van der Waals surface area (Å²) in [6.45, 7) is 4.47. The molecule has 0 spiro atoms. The maximum Gasteiger partial charge on any atom is 0.258 e. The van der Waals surface area contributed by atoms with E-state index in [4.69, 9.17) is 0 Å². The van der Waals surface area contributed by atoms with Crippen LogP contribution in [0.1, 0.15) is 38.3 Å². The Hall–Kier alpha value is -2.42. The van der Waals surface area contributed by atoms with Crippen LogP contribution in [-0.2, 0) is 0 Å². The van der Waals surface area contributed by atoms with Crippen molar-refractivity contribution in [2.24, 2.45) is 0 Å². The molecule has 0 bridgehead atoms. The van der Waals surface area contributed by atoms with Crippen LogP contribution in [0.2, 0.25) is 0 Å². The third-order valence-electron chi connectivity index (χ3n) is 4.06. The Morgan fingerprint density at radius 1 is 1.05 bits per heavy atom. The smallest absolute Gasteiger partial charge is 0.258 e. The van der Waals surface area contributed by atoms with Crippen LogP contribution in [0.3, 0.4) is 0 Å². The molecule has 2 aromatic carbocycles. The van der Waals surface area contributed by atoms with Gasteiger partial charge in [-0.2, -0.15) is 0 Å². The highest BCUT2D eigenvalue weighted by Gasteiger charge is 2.27. The predicted molar refractivity (Wildman–Crippen MR) is 83.0 cm³/mol. The van der Waals surface area contributed by atoms with Gasteiger partial charge in [-0.3, -0.25) is 9.59 Å². The molecule has 3 nitrogen and oxygen atoms in total. The van der Waals surface area contributed by atoms with Gasteiger partial charge in [0.25, 0.3) is 5.91 Å². The number of carbonyl (C=O) groups is 2. The van der Waals surface area contributed by atoms with Crippen molar-refractivity contribution < 1.29 is 9.59 Å². The van der Waals surface area contributed by atoms with Crippen molar-refractivity contribution in [2.45, 2.75) is 20.3 Å². The maximum atomic E-state index is 12.7. The Labute approximate surface area is 124 Å². The highest BCUT2D eigenvalue weighted by Crippen LogP contribution is 2.28. The number of amides is 1. The molecule has 3 rings (SSSR count). The lowest BCUT2D eigenvalue weighted by molar-refractivity contribution is 0.0955. The highest BCUT2D eigenvalue weighted by molar-refractivity contribution is 6.13. The van der Waals surface area contributed by atoms with Gasteiger partial charge in [0.05, 0.1) is 5.69 Å². The van der Waals surface area contributed by atoms with Gasteiger partial charge >= 0.3 is 0 Å². The Morgan fingerprint density at radius 2 is 1.81 bits per heavy atom. The Kier molecular flexibility index (Phi) is 3.34. The van der Waals surface area contributed by atoms with E-state index in [1.54, 1.807) is 11.0 Å². The number of anilines is 1. The van der Waals surface area contributed by atoms with Crippen LogP contribution >= 0.6 is 0 Å². The zero-order valence-corrected chi connectivity index (χ0v) is 12.2. The maximum absolute atomic E-state index is 12.7. The molecule has 3 heteroatoms. The van der Waals surface area contributed by atoms with Crippen molar-refractivity contribution in [2.75, 3.05) is 11.4 Å². The van der Waals surface area contributed by atoms with Crippen LogP contribution in [0.15, 0.2) is 42.5 Å². The van der Waals surface area contributed by atoms with Crippen molar-refractivity contribution in [3.05, 3.63) is 64.7 Å². The van der Waals surface area contributed by atoms with E-state index in [2.05, 4.69) is 0 Å². The van der Waals surface area contributed by atoms with Crippen LogP contribution in [0.5, 0.6) is 0 Å². The molecule has 0 saturated heterocycles. The Bertz CT molecular complexity index is 734. The average molecular weight is 279 g/mol. The van der Waals surface area contributed by atoms with Crippen molar-refractivity contribution in [3.63, 3.8) is 0 Å². The molecule has 1 amide bonds. The summed E-state index contributed by atoms with van der Waals surface area (Å²) in [5.74, 6) is 0.0628. The number of rotatable bonds is 1. The first kappa shape index (κ1) is 13.6. The third-order valence-corrected chi connectivity index (χ3v) is 4.06. The summed E-state index contributed by atoms with van der Waals surface area (Å²) < 4.78 is 0. The fourth-order valence-electron chi connectivity index (χ4n) is 2.65. The second kappa shape index (κ2) is 5.17. The van der Waals surface area contributed by atoms with E-state index in [0.717, 1.165) is 11.3 Å². The zero-order valence-electron chi connectivity index (χ0n) is 12.2. The molecule has 106 valence electrons. The number of nitrogens with zero attached hydrogens (tertiary/aromatic N) is 1. The lowest BCUT2D eigenvalue weighted by Crippen LogP contribution is -2.37. The summed E-state index contributed by atoms with van der Waals surface area (Å²) in [6, 6.07) is 13.0. The van der Waals surface area contributed by atoms with Gasteiger partial charge < -0.3 is 4.90 Å². The van der Waals surface area contributed by atoms with Crippen LogP contribution in [0.4, 0.5) is 5.69 Å². The van der Waals surface area contributed by atoms with Gasteiger partial charge in [0.15, 0.2) is 5.78 Å². The number of fused-ring (bicyclic) bond motifs is 1. The van der Waals surface area contributed by atoms with Gasteiger partial charge in [-0.1, -0.05) is 18.2 Å². The summed E-state index contributed by atoms with van der Waals surface area (Å²) in [5.41, 5.74) is 4.29. The van der Waals surface area contributed by atoms with Crippen LogP contribution in [0, 0.1) is 13.8 Å². The standard InChI is InChI=1S/C18H17NO2/c1-12-7-8-14(11-13(12)2)18(21)19-10-9-17(20)15-5-3-4-6-16(15)19/h3-8,11H,9-10H2,1-2H3. The Balaban J connectivity index is 2.01. The summed E-state index contributed by atoms with van der Waals surface area (Å²) in [7, 11) is 0. The molecule has 1 heterocycles. The molecule has 0 radical (unpaired) electrons. The largest absolute Gasteiger partial charge is 0.307 e. The molecule has 21 heavy (non-hydrogen) atoms. The average Bonchev–Trinajstić information content (AvgIpc) is 2.50. The SMILES string of the molecule is Cc1ccc(C(=O)N2CCC(=O)c3ccccc32)cc1C. The minimum Gasteiger partial charge on any atom is -0.307 e. The van der Waals surface area contributed by atoms with E-state index in [0.29, 0.717) is 24.1 Å². The van der Waals surface area contributed by atoms with Crippen LogP contribution in [0.25, 0.3) is 0 Å². The van der Waals surface area contributed by atoms with Gasteiger partial charge in [-0.25, -0.2) is 0 Å². The number of hydrogen-bond acceptors (Lipinski definition) is 2. The van der Waals surface area contributed by atoms with Gasteiger partial charge in [-0.05, 0) is 49.2 Å². The molecule has 0 fully saturated rings. The quantitative estimate of drug-likeness (QED) is 0.800. The number of para-hydroxylation sites is 1. The zero-order chi connectivity index (χ0) is 15.0. The minimum absolute atomic E-state index is 0.0435. The van der Waals surface area contributed by atoms with Crippen molar-refractivity contribution >= 4 is 17.4 Å². The molecule has 0 aliphatic carbocycles. The van der Waals surface area contributed by atoms with Crippen molar-refractivity contribution in [1.82, 2.24) is 0 Å². The van der Waals surface area contributed by atoms with Crippen LogP contribution < -0.4 is 4.90 Å². The molecule has 2 aromatic rings. The summed E-state index contributed by atoms with van der Waals surface area (Å²) in [6.07, 6.45) is 0.383. The van der Waals surface area contributed by atoms with Gasteiger partial charge in [0.1, 0.15) is 0 Å². The monoisotopic (exact) mass is 279 g/mol. The fourth-order valence-corrected chi connectivity index (χ4v) is 2.65. The summed E-state index contributed by atoms with van der Waals surface area (Å²) in [5, 5.41) is 0. The molecule has 0 atom stereocenters. The topological polar surface area (TPSA) is 37.4 Å². The number of benzene rings is 2. The molecule has 1 aliphatic heterocycles. The lowest BCUT2D eigenvalue weighted by Gasteiger charge is -2.28. The minimum atomic E-state index is -0.0435. The summed E-state index contributed by atoms with van der Waals surface area (Å²) in [4.78, 5) is 26.4. The van der Waals surface area contributed by atoms with Crippen LogP contribution in [-0.4, -0.2) is 18.2 Å². The predicted octanol–water partition coefficient (Wildman–Crippen LogP) is 3.54. The van der Waals surface area contributed by atoms with E-state index in [1.165, 1.54) is 5.56 Å². The van der Waals surface area contributed by atoms with E-state index < -0.39 is 0 Å². The van der Waals surface area contributed by atoms with Crippen molar-refractivity contribution in [1.29, 1.82) is 0 Å². The number of carbonyl (C=O) groups excluding carboxylic acids is 2. The van der Waals surface area contributed by atoms with E-state index in [1.807, 2.05) is 50.2 Å². The Morgan fingerprint density at radius 3 is 2.57 bits per heavy atom. The van der Waals surface area contributed by atoms with Crippen molar-refractivity contribution in [3.8, 4) is 0 Å². The molecule has 0 saturated carbocycles. The summed E-state index contributed by atoms with van der Waals surface area (Å²) >= 11 is 0. The van der Waals surface area contributed by atoms with E-state index >= 15 is 0 Å². The van der Waals surface area contributed by atoms with E-state index in [-0.39, 0.29) is 11.7 Å². The molecule has 0 aromatic heterocycles. The number of ketones is 1. The molecule has 0 unspecified atom stereocenters. The fraction of sp³-hybridized carbons (Fsp3) is 0.222.